The molecular formula is C11H15N3OS2. The minimum atomic E-state index is -0.0894. The SMILES string of the molecule is CNC(=O)CNc1cccc(SC)c1C(N)=S. The van der Waals surface area contributed by atoms with Crippen LogP contribution < -0.4 is 16.4 Å². The van der Waals surface area contributed by atoms with Crippen molar-refractivity contribution in [3.63, 3.8) is 0 Å². The molecule has 0 radical (unpaired) electrons. The number of thiocarbonyl (C=S) groups is 1. The van der Waals surface area contributed by atoms with Crippen LogP contribution in [0.2, 0.25) is 0 Å². The van der Waals surface area contributed by atoms with Gasteiger partial charge in [-0.1, -0.05) is 18.3 Å². The Balaban J connectivity index is 2.98. The number of amides is 1. The van der Waals surface area contributed by atoms with Gasteiger partial charge >= 0.3 is 0 Å². The maximum atomic E-state index is 11.2. The molecule has 0 fully saturated rings. The summed E-state index contributed by atoms with van der Waals surface area (Å²) in [6.07, 6.45) is 1.96. The molecule has 0 aromatic heterocycles. The van der Waals surface area contributed by atoms with Crippen molar-refractivity contribution in [2.75, 3.05) is 25.2 Å². The van der Waals surface area contributed by atoms with Crippen LogP contribution in [0.1, 0.15) is 5.56 Å². The first-order valence-electron chi connectivity index (χ1n) is 5.01. The van der Waals surface area contributed by atoms with Gasteiger partial charge in [0.2, 0.25) is 5.91 Å². The number of benzene rings is 1. The standard InChI is InChI=1S/C11H15N3OS2/c1-13-9(15)6-14-7-4-3-5-8(17-2)10(7)11(12)16/h3-5,14H,6H2,1-2H3,(H2,12,16)(H,13,15). The number of nitrogens with two attached hydrogens (primary N) is 1. The molecule has 92 valence electrons. The van der Waals surface area contributed by atoms with Crippen LogP contribution in [-0.2, 0) is 4.79 Å². The highest BCUT2D eigenvalue weighted by molar-refractivity contribution is 7.98. The third kappa shape index (κ3) is 3.61. The summed E-state index contributed by atoms with van der Waals surface area (Å²) in [5.41, 5.74) is 7.28. The van der Waals surface area contributed by atoms with Crippen molar-refractivity contribution >= 4 is 40.6 Å². The number of nitrogens with one attached hydrogen (secondary N) is 2. The molecule has 1 aromatic rings. The van der Waals surface area contributed by atoms with Crippen molar-refractivity contribution in [2.45, 2.75) is 4.90 Å². The number of thioether (sulfide) groups is 1. The van der Waals surface area contributed by atoms with Gasteiger partial charge in [-0.3, -0.25) is 4.79 Å². The van der Waals surface area contributed by atoms with Crippen molar-refractivity contribution in [1.82, 2.24) is 5.32 Å². The summed E-state index contributed by atoms with van der Waals surface area (Å²) in [7, 11) is 1.59. The number of rotatable bonds is 5. The first kappa shape index (κ1) is 13.8. The molecule has 0 atom stereocenters. The van der Waals surface area contributed by atoms with E-state index in [2.05, 4.69) is 10.6 Å². The van der Waals surface area contributed by atoms with E-state index in [1.165, 1.54) is 0 Å². The molecule has 0 saturated carbocycles. The van der Waals surface area contributed by atoms with E-state index in [0.29, 0.717) is 4.99 Å². The zero-order valence-electron chi connectivity index (χ0n) is 9.74. The Morgan fingerprint density at radius 3 is 2.76 bits per heavy atom. The third-order valence-corrected chi connectivity index (χ3v) is 3.19. The maximum absolute atomic E-state index is 11.2. The van der Waals surface area contributed by atoms with Crippen molar-refractivity contribution in [1.29, 1.82) is 0 Å². The van der Waals surface area contributed by atoms with Crippen LogP contribution in [0, 0.1) is 0 Å². The van der Waals surface area contributed by atoms with Gasteiger partial charge in [-0.25, -0.2) is 0 Å². The Bertz CT molecular complexity index is 435. The first-order valence-corrected chi connectivity index (χ1v) is 6.64. The van der Waals surface area contributed by atoms with E-state index in [0.717, 1.165) is 16.1 Å². The first-order chi connectivity index (χ1) is 8.10. The van der Waals surface area contributed by atoms with Gasteiger partial charge in [-0.05, 0) is 18.4 Å². The normalized spacial score (nSPS) is 9.76. The largest absolute Gasteiger partial charge is 0.389 e. The van der Waals surface area contributed by atoms with Gasteiger partial charge in [0.1, 0.15) is 4.99 Å². The molecule has 4 nitrogen and oxygen atoms in total. The number of hydrogen-bond donors (Lipinski definition) is 3. The second-order valence-electron chi connectivity index (χ2n) is 3.27. The summed E-state index contributed by atoms with van der Waals surface area (Å²) >= 11 is 6.61. The maximum Gasteiger partial charge on any atom is 0.239 e. The van der Waals surface area contributed by atoms with Crippen LogP contribution in [-0.4, -0.2) is 30.7 Å². The quantitative estimate of drug-likeness (QED) is 0.554. The lowest BCUT2D eigenvalue weighted by atomic mass is 10.1. The van der Waals surface area contributed by atoms with Crippen LogP contribution in [0.5, 0.6) is 0 Å². The molecule has 0 unspecified atom stereocenters. The van der Waals surface area contributed by atoms with E-state index < -0.39 is 0 Å². The van der Waals surface area contributed by atoms with E-state index in [9.17, 15) is 4.79 Å². The molecule has 17 heavy (non-hydrogen) atoms. The fourth-order valence-corrected chi connectivity index (χ4v) is 2.29. The average Bonchev–Trinajstić information content (AvgIpc) is 2.34. The van der Waals surface area contributed by atoms with Crippen LogP contribution in [0.3, 0.4) is 0 Å². The summed E-state index contributed by atoms with van der Waals surface area (Å²) in [6.45, 7) is 0.198. The monoisotopic (exact) mass is 269 g/mol. The van der Waals surface area contributed by atoms with Gasteiger partial charge in [0.05, 0.1) is 6.54 Å². The minimum Gasteiger partial charge on any atom is -0.389 e. The van der Waals surface area contributed by atoms with Gasteiger partial charge in [0, 0.05) is 23.2 Å². The lowest BCUT2D eigenvalue weighted by Gasteiger charge is -2.13. The van der Waals surface area contributed by atoms with Gasteiger partial charge < -0.3 is 16.4 Å². The van der Waals surface area contributed by atoms with Crippen molar-refractivity contribution in [3.8, 4) is 0 Å². The summed E-state index contributed by atoms with van der Waals surface area (Å²) in [6, 6.07) is 5.71. The number of anilines is 1. The highest BCUT2D eigenvalue weighted by atomic mass is 32.2. The number of carbonyl (C=O) groups excluding carboxylic acids is 1. The van der Waals surface area contributed by atoms with Crippen LogP contribution in [0.25, 0.3) is 0 Å². The third-order valence-electron chi connectivity index (χ3n) is 2.21. The highest BCUT2D eigenvalue weighted by Gasteiger charge is 2.10. The van der Waals surface area contributed by atoms with Crippen LogP contribution in [0.15, 0.2) is 23.1 Å². The summed E-state index contributed by atoms with van der Waals surface area (Å²) < 4.78 is 0. The zero-order chi connectivity index (χ0) is 12.8. The van der Waals surface area contributed by atoms with Gasteiger partial charge in [-0.15, -0.1) is 11.8 Å². The van der Waals surface area contributed by atoms with Crippen LogP contribution >= 0.6 is 24.0 Å². The molecular weight excluding hydrogens is 254 g/mol. The van der Waals surface area contributed by atoms with Gasteiger partial charge in [0.15, 0.2) is 0 Å². The Labute approximate surface area is 110 Å². The van der Waals surface area contributed by atoms with Crippen LogP contribution in [0.4, 0.5) is 5.69 Å². The topological polar surface area (TPSA) is 67.2 Å². The summed E-state index contributed by atoms with van der Waals surface area (Å²) in [4.78, 5) is 12.5. The zero-order valence-corrected chi connectivity index (χ0v) is 11.4. The molecule has 1 aromatic carbocycles. The molecule has 4 N–H and O–H groups in total. The predicted molar refractivity (Wildman–Crippen MR) is 76.7 cm³/mol. The molecule has 6 heteroatoms. The fraction of sp³-hybridized carbons (Fsp3) is 0.273. The predicted octanol–water partition coefficient (Wildman–Crippen LogP) is 1.20. The second kappa shape index (κ2) is 6.46. The molecule has 0 aliphatic rings. The summed E-state index contributed by atoms with van der Waals surface area (Å²) in [5, 5.41) is 5.57. The summed E-state index contributed by atoms with van der Waals surface area (Å²) in [5.74, 6) is -0.0894. The molecule has 1 rings (SSSR count). The lowest BCUT2D eigenvalue weighted by molar-refractivity contribution is -0.118. The Hall–Kier alpha value is -1.27. The number of likely N-dealkylation sites (N-methyl/N-ethyl adjacent to an activating group) is 1. The van der Waals surface area contributed by atoms with E-state index in [1.54, 1.807) is 18.8 Å². The highest BCUT2D eigenvalue weighted by Crippen LogP contribution is 2.26. The molecule has 0 spiro atoms. The molecule has 0 bridgehead atoms. The minimum absolute atomic E-state index is 0.0894. The Morgan fingerprint density at radius 2 is 2.24 bits per heavy atom. The molecule has 0 aliphatic carbocycles. The molecule has 0 heterocycles. The van der Waals surface area contributed by atoms with Crippen molar-refractivity contribution in [2.24, 2.45) is 5.73 Å². The molecule has 0 saturated heterocycles. The lowest BCUT2D eigenvalue weighted by Crippen LogP contribution is -2.27. The Kier molecular flexibility index (Phi) is 5.24. The van der Waals surface area contributed by atoms with E-state index in [4.69, 9.17) is 18.0 Å². The number of carbonyl (C=O) groups is 1. The second-order valence-corrected chi connectivity index (χ2v) is 4.56. The van der Waals surface area contributed by atoms with Gasteiger partial charge in [-0.2, -0.15) is 0 Å². The van der Waals surface area contributed by atoms with Crippen molar-refractivity contribution in [3.05, 3.63) is 23.8 Å². The fourth-order valence-electron chi connectivity index (χ4n) is 1.37. The Morgan fingerprint density at radius 1 is 1.53 bits per heavy atom. The van der Waals surface area contributed by atoms with Gasteiger partial charge in [0.25, 0.3) is 0 Å². The number of hydrogen-bond acceptors (Lipinski definition) is 4. The van der Waals surface area contributed by atoms with E-state index >= 15 is 0 Å². The molecule has 0 aliphatic heterocycles. The average molecular weight is 269 g/mol. The van der Waals surface area contributed by atoms with E-state index in [-0.39, 0.29) is 12.5 Å². The van der Waals surface area contributed by atoms with E-state index in [1.807, 2.05) is 24.5 Å². The smallest absolute Gasteiger partial charge is 0.239 e. The van der Waals surface area contributed by atoms with Crippen molar-refractivity contribution < 1.29 is 4.79 Å². The molecule has 1 amide bonds.